The SMILES string of the molecule is CC(C)NS(=O)(=O)c1ccc(C(=O)N2CCN(C(=O)c3ccccc3O)CC2)cc1. The van der Waals surface area contributed by atoms with Crippen LogP contribution in [0.4, 0.5) is 0 Å². The van der Waals surface area contributed by atoms with Crippen molar-refractivity contribution in [2.45, 2.75) is 24.8 Å². The van der Waals surface area contributed by atoms with Crippen LogP contribution >= 0.6 is 0 Å². The van der Waals surface area contributed by atoms with Crippen LogP contribution in [0.15, 0.2) is 53.4 Å². The van der Waals surface area contributed by atoms with Gasteiger partial charge in [-0.05, 0) is 50.2 Å². The summed E-state index contributed by atoms with van der Waals surface area (Å²) in [6.07, 6.45) is 0. The summed E-state index contributed by atoms with van der Waals surface area (Å²) < 4.78 is 26.9. The number of para-hydroxylation sites is 1. The first-order valence-electron chi connectivity index (χ1n) is 9.68. The highest BCUT2D eigenvalue weighted by atomic mass is 32.2. The normalized spacial score (nSPS) is 14.8. The fourth-order valence-electron chi connectivity index (χ4n) is 3.28. The zero-order valence-electron chi connectivity index (χ0n) is 16.9. The monoisotopic (exact) mass is 431 g/mol. The van der Waals surface area contributed by atoms with E-state index >= 15 is 0 Å². The smallest absolute Gasteiger partial charge is 0.257 e. The largest absolute Gasteiger partial charge is 0.507 e. The van der Waals surface area contributed by atoms with Gasteiger partial charge in [0.15, 0.2) is 0 Å². The molecule has 2 aromatic carbocycles. The lowest BCUT2D eigenvalue weighted by Crippen LogP contribution is -2.50. The molecule has 2 amide bonds. The summed E-state index contributed by atoms with van der Waals surface area (Å²) in [5.74, 6) is -0.555. The molecular formula is C21H25N3O5S. The number of amides is 2. The van der Waals surface area contributed by atoms with Crippen molar-refractivity contribution in [3.8, 4) is 5.75 Å². The molecule has 0 unspecified atom stereocenters. The van der Waals surface area contributed by atoms with Gasteiger partial charge in [0.1, 0.15) is 5.75 Å². The molecule has 9 heteroatoms. The van der Waals surface area contributed by atoms with Gasteiger partial charge >= 0.3 is 0 Å². The number of phenols is 1. The zero-order valence-corrected chi connectivity index (χ0v) is 17.7. The molecule has 0 radical (unpaired) electrons. The van der Waals surface area contributed by atoms with Gasteiger partial charge in [-0.1, -0.05) is 12.1 Å². The molecule has 2 aromatic rings. The third-order valence-electron chi connectivity index (χ3n) is 4.79. The first-order valence-corrected chi connectivity index (χ1v) is 11.2. The average molecular weight is 432 g/mol. The first-order chi connectivity index (χ1) is 14.2. The van der Waals surface area contributed by atoms with Crippen molar-refractivity contribution in [2.24, 2.45) is 0 Å². The number of nitrogens with one attached hydrogen (secondary N) is 1. The first kappa shape index (κ1) is 21.8. The van der Waals surface area contributed by atoms with Gasteiger partial charge in [-0.25, -0.2) is 13.1 Å². The third kappa shape index (κ3) is 4.80. The van der Waals surface area contributed by atoms with Crippen LogP contribution in [0.2, 0.25) is 0 Å². The third-order valence-corrected chi connectivity index (χ3v) is 6.47. The van der Waals surface area contributed by atoms with Crippen molar-refractivity contribution in [2.75, 3.05) is 26.2 Å². The van der Waals surface area contributed by atoms with Crippen LogP contribution in [0.3, 0.4) is 0 Å². The van der Waals surface area contributed by atoms with Gasteiger partial charge in [0.2, 0.25) is 10.0 Å². The maximum atomic E-state index is 12.8. The molecule has 0 bridgehead atoms. The van der Waals surface area contributed by atoms with Crippen molar-refractivity contribution in [1.29, 1.82) is 0 Å². The maximum absolute atomic E-state index is 12.8. The number of phenolic OH excluding ortho intramolecular Hbond substituents is 1. The minimum Gasteiger partial charge on any atom is -0.507 e. The van der Waals surface area contributed by atoms with E-state index in [9.17, 15) is 23.1 Å². The molecule has 1 saturated heterocycles. The van der Waals surface area contributed by atoms with Crippen LogP contribution < -0.4 is 4.72 Å². The summed E-state index contributed by atoms with van der Waals surface area (Å²) in [6.45, 7) is 4.88. The van der Waals surface area contributed by atoms with Crippen LogP contribution in [0, 0.1) is 0 Å². The highest BCUT2D eigenvalue weighted by Crippen LogP contribution is 2.19. The van der Waals surface area contributed by atoms with Gasteiger partial charge in [-0.3, -0.25) is 9.59 Å². The number of carbonyl (C=O) groups is 2. The van der Waals surface area contributed by atoms with E-state index in [1.54, 1.807) is 41.8 Å². The fourth-order valence-corrected chi connectivity index (χ4v) is 4.53. The molecule has 0 atom stereocenters. The fraction of sp³-hybridized carbons (Fsp3) is 0.333. The molecule has 1 aliphatic rings. The Morgan fingerprint density at radius 2 is 1.43 bits per heavy atom. The number of nitrogens with zero attached hydrogens (tertiary/aromatic N) is 2. The minimum atomic E-state index is -3.61. The Balaban J connectivity index is 1.63. The summed E-state index contributed by atoms with van der Waals surface area (Å²) in [7, 11) is -3.61. The predicted molar refractivity (Wildman–Crippen MR) is 112 cm³/mol. The van der Waals surface area contributed by atoms with Crippen molar-refractivity contribution in [3.63, 3.8) is 0 Å². The van der Waals surface area contributed by atoms with E-state index < -0.39 is 10.0 Å². The van der Waals surface area contributed by atoms with E-state index in [0.717, 1.165) is 0 Å². The molecule has 0 aliphatic carbocycles. The Hall–Kier alpha value is -2.91. The Kier molecular flexibility index (Phi) is 6.42. The number of carbonyl (C=O) groups excluding carboxylic acids is 2. The summed E-state index contributed by atoms with van der Waals surface area (Å²) in [5, 5.41) is 9.87. The van der Waals surface area contributed by atoms with E-state index in [0.29, 0.717) is 31.7 Å². The Morgan fingerprint density at radius 3 is 1.97 bits per heavy atom. The lowest BCUT2D eigenvalue weighted by Gasteiger charge is -2.35. The summed E-state index contributed by atoms with van der Waals surface area (Å²) in [5.41, 5.74) is 0.628. The molecule has 0 spiro atoms. The molecule has 1 aliphatic heterocycles. The van der Waals surface area contributed by atoms with Crippen molar-refractivity contribution >= 4 is 21.8 Å². The summed E-state index contributed by atoms with van der Waals surface area (Å²) in [4.78, 5) is 28.7. The van der Waals surface area contributed by atoms with E-state index in [4.69, 9.17) is 0 Å². The maximum Gasteiger partial charge on any atom is 0.257 e. The number of rotatable bonds is 5. The van der Waals surface area contributed by atoms with E-state index in [2.05, 4.69) is 4.72 Å². The number of hydrogen-bond acceptors (Lipinski definition) is 5. The molecule has 2 N–H and O–H groups in total. The number of piperazine rings is 1. The Bertz CT molecular complexity index is 1030. The van der Waals surface area contributed by atoms with Gasteiger partial charge in [0, 0.05) is 37.8 Å². The topological polar surface area (TPSA) is 107 Å². The van der Waals surface area contributed by atoms with Crippen molar-refractivity contribution in [1.82, 2.24) is 14.5 Å². The molecule has 30 heavy (non-hydrogen) atoms. The second-order valence-electron chi connectivity index (χ2n) is 7.40. The minimum absolute atomic E-state index is 0.0667. The van der Waals surface area contributed by atoms with Gasteiger partial charge in [0.25, 0.3) is 11.8 Å². The lowest BCUT2D eigenvalue weighted by atomic mass is 10.1. The second kappa shape index (κ2) is 8.85. The van der Waals surface area contributed by atoms with Gasteiger partial charge in [-0.2, -0.15) is 0 Å². The Labute approximate surface area is 176 Å². The van der Waals surface area contributed by atoms with Gasteiger partial charge in [0.05, 0.1) is 10.5 Å². The highest BCUT2D eigenvalue weighted by molar-refractivity contribution is 7.89. The molecule has 160 valence electrons. The zero-order chi connectivity index (χ0) is 21.9. The van der Waals surface area contributed by atoms with Crippen molar-refractivity contribution < 1.29 is 23.1 Å². The lowest BCUT2D eigenvalue weighted by molar-refractivity contribution is 0.0533. The van der Waals surface area contributed by atoms with Crippen LogP contribution in [-0.2, 0) is 10.0 Å². The number of sulfonamides is 1. The highest BCUT2D eigenvalue weighted by Gasteiger charge is 2.27. The van der Waals surface area contributed by atoms with Crippen molar-refractivity contribution in [3.05, 3.63) is 59.7 Å². The predicted octanol–water partition coefficient (Wildman–Crippen LogP) is 1.68. The van der Waals surface area contributed by atoms with Crippen LogP contribution in [0.1, 0.15) is 34.6 Å². The molecule has 1 heterocycles. The summed E-state index contributed by atoms with van der Waals surface area (Å²) in [6, 6.07) is 12.0. The second-order valence-corrected chi connectivity index (χ2v) is 9.12. The Morgan fingerprint density at radius 1 is 0.900 bits per heavy atom. The van der Waals surface area contributed by atoms with Gasteiger partial charge < -0.3 is 14.9 Å². The summed E-state index contributed by atoms with van der Waals surface area (Å²) >= 11 is 0. The molecule has 1 fully saturated rings. The number of benzene rings is 2. The van der Waals surface area contributed by atoms with E-state index in [1.807, 2.05) is 0 Å². The van der Waals surface area contributed by atoms with E-state index in [-0.39, 0.29) is 34.1 Å². The molecule has 3 rings (SSSR count). The average Bonchev–Trinajstić information content (AvgIpc) is 2.72. The molecular weight excluding hydrogens is 406 g/mol. The number of hydrogen-bond donors (Lipinski definition) is 2. The standard InChI is InChI=1S/C21H25N3O5S/c1-15(2)22-30(28,29)17-9-7-16(8-10-17)20(26)23-11-13-24(14-12-23)21(27)18-5-3-4-6-19(18)25/h3-10,15,22,25H,11-14H2,1-2H3. The molecule has 0 saturated carbocycles. The molecule has 0 aromatic heterocycles. The number of aromatic hydroxyl groups is 1. The molecule has 8 nitrogen and oxygen atoms in total. The quantitative estimate of drug-likeness (QED) is 0.749. The van der Waals surface area contributed by atoms with Crippen LogP contribution in [0.25, 0.3) is 0 Å². The van der Waals surface area contributed by atoms with Crippen LogP contribution in [-0.4, -0.2) is 67.4 Å². The van der Waals surface area contributed by atoms with Crippen LogP contribution in [0.5, 0.6) is 5.75 Å². The van der Waals surface area contributed by atoms with Gasteiger partial charge in [-0.15, -0.1) is 0 Å². The van der Waals surface area contributed by atoms with E-state index in [1.165, 1.54) is 30.3 Å².